The lowest BCUT2D eigenvalue weighted by molar-refractivity contribution is -0.117. The molecule has 1 aromatic heterocycles. The van der Waals surface area contributed by atoms with Crippen LogP contribution in [0.3, 0.4) is 0 Å². The maximum atomic E-state index is 11.6. The van der Waals surface area contributed by atoms with Crippen LogP contribution in [0, 0.1) is 6.92 Å². The summed E-state index contributed by atoms with van der Waals surface area (Å²) in [7, 11) is 0. The number of amides is 1. The van der Waals surface area contributed by atoms with E-state index in [-0.39, 0.29) is 18.3 Å². The van der Waals surface area contributed by atoms with Crippen molar-refractivity contribution in [2.75, 3.05) is 5.32 Å². The van der Waals surface area contributed by atoms with E-state index in [1.165, 1.54) is 11.3 Å². The zero-order chi connectivity index (χ0) is 14.7. The third-order valence-electron chi connectivity index (χ3n) is 2.85. The van der Waals surface area contributed by atoms with Crippen molar-refractivity contribution in [3.63, 3.8) is 0 Å². The maximum absolute atomic E-state index is 11.6. The van der Waals surface area contributed by atoms with Crippen molar-refractivity contribution in [3.8, 4) is 0 Å². The summed E-state index contributed by atoms with van der Waals surface area (Å²) in [6.07, 6.45) is 0.706. The minimum absolute atomic E-state index is 0. The highest BCUT2D eigenvalue weighted by atomic mass is 35.5. The molecule has 2 rings (SSSR count). The molecule has 4 nitrogen and oxygen atoms in total. The monoisotopic (exact) mass is 345 g/mol. The van der Waals surface area contributed by atoms with Gasteiger partial charge in [0, 0.05) is 16.3 Å². The lowest BCUT2D eigenvalue weighted by Gasteiger charge is -2.03. The Bertz CT molecular complexity index is 628. The molecule has 2 aromatic rings. The third-order valence-corrected chi connectivity index (χ3v) is 4.29. The van der Waals surface area contributed by atoms with E-state index in [0.717, 1.165) is 21.2 Å². The van der Waals surface area contributed by atoms with E-state index in [2.05, 4.69) is 10.3 Å². The van der Waals surface area contributed by atoms with Gasteiger partial charge in [-0.05, 0) is 25.5 Å². The summed E-state index contributed by atoms with van der Waals surface area (Å²) in [5.41, 5.74) is 7.46. The molecular formula is C14H17Cl2N3OS. The predicted molar refractivity (Wildman–Crippen MR) is 90.6 cm³/mol. The SMILES string of the molecule is Cc1nc(NC(=O)[C@H](C)N)sc1Cc1ccccc1Cl.Cl. The smallest absolute Gasteiger partial charge is 0.242 e. The van der Waals surface area contributed by atoms with Crippen LogP contribution in [0.2, 0.25) is 5.02 Å². The number of benzene rings is 1. The minimum Gasteiger partial charge on any atom is -0.320 e. The number of nitrogens with one attached hydrogen (secondary N) is 1. The zero-order valence-electron chi connectivity index (χ0n) is 11.7. The van der Waals surface area contributed by atoms with Gasteiger partial charge in [-0.15, -0.1) is 23.7 Å². The number of carbonyl (C=O) groups excluding carboxylic acids is 1. The Morgan fingerprint density at radius 1 is 1.48 bits per heavy atom. The van der Waals surface area contributed by atoms with E-state index in [9.17, 15) is 4.79 Å². The Kier molecular flexibility index (Phi) is 6.61. The summed E-state index contributed by atoms with van der Waals surface area (Å²) in [6, 6.07) is 7.16. The van der Waals surface area contributed by atoms with Gasteiger partial charge < -0.3 is 11.1 Å². The number of hydrogen-bond donors (Lipinski definition) is 2. The number of nitrogens with two attached hydrogens (primary N) is 1. The number of nitrogens with zero attached hydrogens (tertiary/aromatic N) is 1. The largest absolute Gasteiger partial charge is 0.320 e. The third kappa shape index (κ3) is 4.68. The van der Waals surface area contributed by atoms with Crippen LogP contribution in [0.15, 0.2) is 24.3 Å². The number of thiazole rings is 1. The molecule has 3 N–H and O–H groups in total. The number of carbonyl (C=O) groups is 1. The first kappa shape index (κ1) is 17.9. The van der Waals surface area contributed by atoms with E-state index < -0.39 is 6.04 Å². The standard InChI is InChI=1S/C14H16ClN3OS.ClH/c1-8(16)13(19)18-14-17-9(2)12(20-14)7-10-5-3-4-6-11(10)15;/h3-6,8H,7,16H2,1-2H3,(H,17,18,19);1H/t8-;/m0./s1. The molecule has 1 heterocycles. The molecule has 0 fully saturated rings. The van der Waals surface area contributed by atoms with Gasteiger partial charge in [-0.1, -0.05) is 29.8 Å². The molecule has 7 heteroatoms. The van der Waals surface area contributed by atoms with Gasteiger partial charge in [0.05, 0.1) is 11.7 Å². The number of hydrogen-bond acceptors (Lipinski definition) is 4. The van der Waals surface area contributed by atoms with Crippen LogP contribution < -0.4 is 11.1 Å². The van der Waals surface area contributed by atoms with Crippen molar-refractivity contribution < 1.29 is 4.79 Å². The topological polar surface area (TPSA) is 68.0 Å². The molecule has 0 aliphatic rings. The van der Waals surface area contributed by atoms with E-state index in [1.54, 1.807) is 6.92 Å². The first-order valence-corrected chi connectivity index (χ1v) is 7.43. The number of rotatable bonds is 4. The Morgan fingerprint density at radius 2 is 2.14 bits per heavy atom. The molecule has 0 unspecified atom stereocenters. The summed E-state index contributed by atoms with van der Waals surface area (Å²) in [6.45, 7) is 3.56. The number of aromatic nitrogens is 1. The van der Waals surface area contributed by atoms with Crippen molar-refractivity contribution in [2.24, 2.45) is 5.73 Å². The normalized spacial score (nSPS) is 11.6. The van der Waals surface area contributed by atoms with E-state index in [4.69, 9.17) is 17.3 Å². The van der Waals surface area contributed by atoms with Crippen LogP contribution in [0.5, 0.6) is 0 Å². The van der Waals surface area contributed by atoms with E-state index in [1.807, 2.05) is 31.2 Å². The fourth-order valence-electron chi connectivity index (χ4n) is 1.68. The second-order valence-electron chi connectivity index (χ2n) is 4.57. The van der Waals surface area contributed by atoms with Crippen molar-refractivity contribution in [1.82, 2.24) is 4.98 Å². The van der Waals surface area contributed by atoms with Gasteiger partial charge in [0.25, 0.3) is 0 Å². The van der Waals surface area contributed by atoms with Crippen molar-refractivity contribution in [1.29, 1.82) is 0 Å². The van der Waals surface area contributed by atoms with Gasteiger partial charge >= 0.3 is 0 Å². The maximum Gasteiger partial charge on any atom is 0.242 e. The minimum atomic E-state index is -0.550. The Labute approximate surface area is 139 Å². The second-order valence-corrected chi connectivity index (χ2v) is 6.06. The molecule has 1 amide bonds. The van der Waals surface area contributed by atoms with E-state index in [0.29, 0.717) is 11.6 Å². The average molecular weight is 346 g/mol. The van der Waals surface area contributed by atoms with Gasteiger partial charge in [-0.25, -0.2) is 4.98 Å². The van der Waals surface area contributed by atoms with Crippen LogP contribution in [-0.2, 0) is 11.2 Å². The molecule has 114 valence electrons. The molecule has 0 saturated carbocycles. The molecule has 0 radical (unpaired) electrons. The summed E-state index contributed by atoms with van der Waals surface area (Å²) in [5.74, 6) is -0.233. The van der Waals surface area contributed by atoms with Crippen LogP contribution in [0.4, 0.5) is 5.13 Å². The lowest BCUT2D eigenvalue weighted by Crippen LogP contribution is -2.32. The molecular weight excluding hydrogens is 329 g/mol. The van der Waals surface area contributed by atoms with Crippen molar-refractivity contribution in [2.45, 2.75) is 26.3 Å². The van der Waals surface area contributed by atoms with Crippen LogP contribution in [0.1, 0.15) is 23.1 Å². The first-order chi connectivity index (χ1) is 9.47. The van der Waals surface area contributed by atoms with Gasteiger partial charge in [0.15, 0.2) is 5.13 Å². The Morgan fingerprint density at radius 3 is 2.76 bits per heavy atom. The molecule has 0 aliphatic heterocycles. The van der Waals surface area contributed by atoms with Crippen molar-refractivity contribution in [3.05, 3.63) is 45.4 Å². The quantitative estimate of drug-likeness (QED) is 0.892. The number of aryl methyl sites for hydroxylation is 1. The summed E-state index contributed by atoms with van der Waals surface area (Å²) in [4.78, 5) is 17.0. The van der Waals surface area contributed by atoms with Gasteiger partial charge in [-0.2, -0.15) is 0 Å². The summed E-state index contributed by atoms with van der Waals surface area (Å²) < 4.78 is 0. The molecule has 1 aromatic carbocycles. The molecule has 0 spiro atoms. The zero-order valence-corrected chi connectivity index (χ0v) is 14.1. The first-order valence-electron chi connectivity index (χ1n) is 6.23. The van der Waals surface area contributed by atoms with Crippen LogP contribution >= 0.6 is 35.3 Å². The molecule has 0 bridgehead atoms. The van der Waals surface area contributed by atoms with Gasteiger partial charge in [-0.3, -0.25) is 4.79 Å². The molecule has 21 heavy (non-hydrogen) atoms. The summed E-state index contributed by atoms with van der Waals surface area (Å²) >= 11 is 7.61. The highest BCUT2D eigenvalue weighted by molar-refractivity contribution is 7.15. The number of anilines is 1. The van der Waals surface area contributed by atoms with Crippen molar-refractivity contribution >= 4 is 46.4 Å². The van der Waals surface area contributed by atoms with Gasteiger partial charge in [0.2, 0.25) is 5.91 Å². The highest BCUT2D eigenvalue weighted by Crippen LogP contribution is 2.27. The van der Waals surface area contributed by atoms with E-state index >= 15 is 0 Å². The molecule has 0 aliphatic carbocycles. The second kappa shape index (κ2) is 7.75. The average Bonchev–Trinajstić information content (AvgIpc) is 2.72. The summed E-state index contributed by atoms with van der Waals surface area (Å²) in [5, 5.41) is 4.03. The predicted octanol–water partition coefficient (Wildman–Crippen LogP) is 3.40. The number of halogens is 2. The molecule has 0 saturated heterocycles. The lowest BCUT2D eigenvalue weighted by atomic mass is 10.1. The Hall–Kier alpha value is -1.14. The Balaban J connectivity index is 0.00000220. The van der Waals surface area contributed by atoms with Crippen LogP contribution in [0.25, 0.3) is 0 Å². The van der Waals surface area contributed by atoms with Crippen LogP contribution in [-0.4, -0.2) is 16.9 Å². The fraction of sp³-hybridized carbons (Fsp3) is 0.286. The molecule has 1 atom stereocenters. The highest BCUT2D eigenvalue weighted by Gasteiger charge is 2.13. The fourth-order valence-corrected chi connectivity index (χ4v) is 2.87. The van der Waals surface area contributed by atoms with Gasteiger partial charge in [0.1, 0.15) is 0 Å².